The zero-order valence-corrected chi connectivity index (χ0v) is 82.8. The van der Waals surface area contributed by atoms with E-state index in [0.29, 0.717) is 85.4 Å². The topological polar surface area (TPSA) is 321 Å². The average molecular weight is 2100 g/mol. The zero-order valence-electron chi connectivity index (χ0n) is 79.0. The van der Waals surface area contributed by atoms with Crippen molar-refractivity contribution in [1.82, 2.24) is 59.8 Å². The van der Waals surface area contributed by atoms with Crippen molar-refractivity contribution in [1.29, 1.82) is 0 Å². The highest BCUT2D eigenvalue weighted by molar-refractivity contribution is 6.34. The second kappa shape index (κ2) is 45.3. The minimum Gasteiger partial charge on any atom is -0.494 e. The van der Waals surface area contributed by atoms with Gasteiger partial charge in [0.05, 0.1) is 38.9 Å². The van der Waals surface area contributed by atoms with Crippen LogP contribution in [0.1, 0.15) is 173 Å². The van der Waals surface area contributed by atoms with Gasteiger partial charge in [0.15, 0.2) is 23.3 Å². The summed E-state index contributed by atoms with van der Waals surface area (Å²) < 4.78 is 210. The van der Waals surface area contributed by atoms with Crippen molar-refractivity contribution in [2.45, 2.75) is 197 Å². The summed E-state index contributed by atoms with van der Waals surface area (Å²) in [5, 5.41) is 1.46. The largest absolute Gasteiger partial charge is 0.494 e. The number of aryl methyl sites for hydroxylation is 5. The number of halogens is 20. The number of carbonyl (C=O) groups is 4. The maximum atomic E-state index is 13.4. The van der Waals surface area contributed by atoms with Crippen LogP contribution >= 0.6 is 58.0 Å². The molecular formula is C101H96Cl5F15N12O10. The summed E-state index contributed by atoms with van der Waals surface area (Å²) in [5.74, 6) is -2.05. The molecule has 0 atom stereocenters. The number of nitrogens with zero attached hydrogens (tertiary/aromatic N) is 8. The molecular weight excluding hydrogens is 2000 g/mol. The van der Waals surface area contributed by atoms with E-state index < -0.39 is 110 Å². The second-order valence-corrected chi connectivity index (χ2v) is 38.7. The van der Waals surface area contributed by atoms with Gasteiger partial charge in [0.2, 0.25) is 0 Å². The van der Waals surface area contributed by atoms with Gasteiger partial charge < -0.3 is 9.47 Å². The molecule has 0 aliphatic heterocycles. The number of aromatic nitrogens is 12. The number of hydrogen-bond acceptors (Lipinski definition) is 18. The molecule has 8 aromatic carbocycles. The quantitative estimate of drug-likeness (QED) is 0.0293. The number of nitrogens with one attached hydrogen (secondary N) is 4. The number of rotatable bonds is 31. The van der Waals surface area contributed by atoms with Gasteiger partial charge in [-0.3, -0.25) is 39.1 Å². The molecule has 0 unspecified atom stereocenters. The van der Waals surface area contributed by atoms with E-state index >= 15 is 0 Å². The van der Waals surface area contributed by atoms with Gasteiger partial charge in [-0.25, -0.2) is 39.1 Å². The first kappa shape index (κ1) is 113. The Morgan fingerprint density at radius 1 is 0.364 bits per heavy atom. The normalized spacial score (nSPS) is 13.0. The number of ketones is 4. The summed E-state index contributed by atoms with van der Waals surface area (Å²) in [5.41, 5.74) is -6.87. The molecule has 0 saturated heterocycles. The van der Waals surface area contributed by atoms with Gasteiger partial charge in [-0.1, -0.05) is 128 Å². The van der Waals surface area contributed by atoms with Gasteiger partial charge >= 0.3 is 53.6 Å². The van der Waals surface area contributed by atoms with Crippen molar-refractivity contribution in [3.8, 4) is 103 Å². The van der Waals surface area contributed by atoms with Crippen molar-refractivity contribution >= 4 is 81.1 Å². The lowest BCUT2D eigenvalue weighted by molar-refractivity contribution is -0.211. The molecule has 760 valence electrons. The minimum absolute atomic E-state index is 0.00640. The SMILES string of the molecule is CC(C)c1cc(-c2nc(-c3cc(CCC(=O)C(C)(C)C(F)(F)F)ccc3Cl)[nH]c(=O)n2)ccc1C(F)(F)F.CC1(COc2ccc(-c3nc(-c4cc(CCC(=O)C(C)(C)C(F)(F)F)ccc4Cl)[nH]c(=O)n3)cc2)CC1.CCCOc1ccc(-c2nc(-c3cc(CCC(=O)C(C)(C)C(F)(F)F)ccc3Cl)[nH]c(=O)n2)cc1.Cc1ccc(-c2nc(-c3cc(CCC(=O)C(C)(C)C(F)(F)F)ccc3Cl)[nH]c(=O)n2)cc1Cl. The molecule has 13 rings (SSSR count). The Hall–Kier alpha value is -12.3. The summed E-state index contributed by atoms with van der Waals surface area (Å²) in [6.45, 7) is 17.3. The highest BCUT2D eigenvalue weighted by Gasteiger charge is 2.55. The van der Waals surface area contributed by atoms with Gasteiger partial charge in [-0.05, 0) is 262 Å². The van der Waals surface area contributed by atoms with E-state index in [2.05, 4.69) is 66.7 Å². The molecule has 0 spiro atoms. The Morgan fingerprint density at radius 2 is 0.636 bits per heavy atom. The third kappa shape index (κ3) is 28.9. The molecule has 143 heavy (non-hydrogen) atoms. The van der Waals surface area contributed by atoms with Crippen molar-refractivity contribution in [2.24, 2.45) is 27.1 Å². The third-order valence-electron chi connectivity index (χ3n) is 24.0. The minimum atomic E-state index is -4.69. The molecule has 1 fully saturated rings. The van der Waals surface area contributed by atoms with Gasteiger partial charge in [0, 0.05) is 80.6 Å². The lowest BCUT2D eigenvalue weighted by atomic mass is 9.84. The number of aromatic amines is 4. The summed E-state index contributed by atoms with van der Waals surface area (Å²) >= 11 is 31.5. The van der Waals surface area contributed by atoms with Gasteiger partial charge in [0.1, 0.15) is 79.6 Å². The maximum Gasteiger partial charge on any atom is 0.416 e. The highest BCUT2D eigenvalue weighted by Crippen LogP contribution is 2.48. The van der Waals surface area contributed by atoms with Crippen LogP contribution in [0.15, 0.2) is 177 Å². The van der Waals surface area contributed by atoms with E-state index in [1.807, 2.05) is 13.8 Å². The Morgan fingerprint density at radius 3 is 0.902 bits per heavy atom. The zero-order chi connectivity index (χ0) is 106. The molecule has 4 N–H and O–H groups in total. The second-order valence-electron chi connectivity index (χ2n) is 36.7. The summed E-state index contributed by atoms with van der Waals surface area (Å²) in [4.78, 5) is 141. The molecule has 1 aliphatic carbocycles. The molecule has 42 heteroatoms. The predicted molar refractivity (Wildman–Crippen MR) is 514 cm³/mol. The Bertz CT molecular complexity index is 6940. The number of Topliss-reactive ketones (excluding diaryl/α,β-unsaturated/α-hetero) is 4. The number of H-pyrrole nitrogens is 4. The van der Waals surface area contributed by atoms with Crippen LogP contribution in [0.2, 0.25) is 25.1 Å². The van der Waals surface area contributed by atoms with Crippen LogP contribution in [-0.2, 0) is 51.0 Å². The first-order valence-corrected chi connectivity index (χ1v) is 46.2. The first-order chi connectivity index (χ1) is 66.4. The Labute approximate surface area is 834 Å². The van der Waals surface area contributed by atoms with Crippen LogP contribution in [0.5, 0.6) is 11.5 Å². The van der Waals surface area contributed by atoms with Crippen LogP contribution in [-0.4, -0.2) is 121 Å². The van der Waals surface area contributed by atoms with Crippen LogP contribution in [0, 0.1) is 34.0 Å². The smallest absolute Gasteiger partial charge is 0.416 e. The van der Waals surface area contributed by atoms with Crippen LogP contribution in [0.4, 0.5) is 65.9 Å². The number of alkyl halides is 15. The summed E-state index contributed by atoms with van der Waals surface area (Å²) in [6, 6.07) is 41.3. The number of carbonyl (C=O) groups excluding carboxylic acids is 4. The van der Waals surface area contributed by atoms with Crippen molar-refractivity contribution < 1.29 is 94.5 Å². The number of hydrogen-bond donors (Lipinski definition) is 4. The van der Waals surface area contributed by atoms with Gasteiger partial charge in [-0.2, -0.15) is 85.8 Å². The summed E-state index contributed by atoms with van der Waals surface area (Å²) in [7, 11) is 0. The number of benzene rings is 8. The lowest BCUT2D eigenvalue weighted by Gasteiger charge is -2.26. The Kier molecular flexibility index (Phi) is 35.7. The van der Waals surface area contributed by atoms with Crippen molar-refractivity contribution in [2.75, 3.05) is 13.2 Å². The molecule has 0 bridgehead atoms. The molecule has 0 amide bonds. The van der Waals surface area contributed by atoms with Crippen molar-refractivity contribution in [3.63, 3.8) is 0 Å². The molecule has 22 nitrogen and oxygen atoms in total. The fourth-order valence-electron chi connectivity index (χ4n) is 13.5. The third-order valence-corrected chi connectivity index (χ3v) is 25.7. The average Bonchev–Trinajstić information content (AvgIpc) is 1.81. The molecule has 4 aromatic heterocycles. The monoisotopic (exact) mass is 2100 g/mol. The lowest BCUT2D eigenvalue weighted by Crippen LogP contribution is -2.39. The molecule has 4 heterocycles. The standard InChI is InChI=1S/C27H27ClF3N3O3.C26H24ClF6N3O2.C25H25ClF3N3O3.C23H20Cl2F3N3O2/c1-25(2,27(29,30)31)21(35)11-5-16-4-10-20(28)19(14-16)23-32-22(33-24(36)34-23)17-6-8-18(9-7-17)37-15-26(3)12-13-26;1-13(2)16-12-15(7-8-18(16)25(28,29)30)21-34-22(36-23(38)35-21)17-11-14(5-9-19(17)27)6-10-20(37)24(3,4)26(31,32)33;1-4-13-35-17-9-7-16(8-10-17)21-30-22(32-23(34)31-21)18-14-15(5-11-19(18)26)6-12-20(33)24(2,3)25(27,28)29;1-12-4-7-14(11-17(12)25)19-29-20(31-21(33)30-19)15-10-13(5-8-16(15)24)6-9-18(32)22(2,3)23(26,27)28/h4,6-10,14H,5,11-13,15H2,1-3H3,(H,32,33,34,36);5,7-9,11-13H,6,10H2,1-4H3,(H,34,35,36,38);5,7-11,14H,4,6,12-13H2,1-3H3,(H,30,31,32,34);4-5,7-8,10-11H,6,9H2,1-3H3,(H,29,30,31,33). The first-order valence-electron chi connectivity index (χ1n) is 44.3. The van der Waals surface area contributed by atoms with Crippen LogP contribution in [0.25, 0.3) is 91.1 Å². The predicted octanol–water partition coefficient (Wildman–Crippen LogP) is 26.0. The van der Waals surface area contributed by atoms with E-state index in [1.165, 1.54) is 36.4 Å². The van der Waals surface area contributed by atoms with E-state index in [0.717, 1.165) is 86.3 Å². The fraction of sp³-hybridized carbons (Fsp3) is 0.366. The van der Waals surface area contributed by atoms with Gasteiger partial charge in [0.25, 0.3) is 0 Å². The fourth-order valence-corrected chi connectivity index (χ4v) is 14.5. The molecule has 1 aliphatic rings. The molecule has 1 saturated carbocycles. The molecule has 0 radical (unpaired) electrons. The van der Waals surface area contributed by atoms with E-state index in [4.69, 9.17) is 67.5 Å². The van der Waals surface area contributed by atoms with Crippen molar-refractivity contribution in [3.05, 3.63) is 264 Å². The van der Waals surface area contributed by atoms with E-state index in [9.17, 15) is 104 Å². The van der Waals surface area contributed by atoms with E-state index in [1.54, 1.807) is 129 Å². The molecule has 12 aromatic rings. The van der Waals surface area contributed by atoms with Gasteiger partial charge in [-0.15, -0.1) is 0 Å². The Balaban J connectivity index is 0.000000196. The van der Waals surface area contributed by atoms with Crippen LogP contribution in [0.3, 0.4) is 0 Å². The van der Waals surface area contributed by atoms with Crippen LogP contribution < -0.4 is 32.2 Å². The maximum absolute atomic E-state index is 13.4. The van der Waals surface area contributed by atoms with E-state index in [-0.39, 0.29) is 140 Å². The highest BCUT2D eigenvalue weighted by atomic mass is 35.5. The summed E-state index contributed by atoms with van der Waals surface area (Å²) in [6.07, 6.45) is -21.1. The number of ether oxygens (including phenoxy) is 2.